The van der Waals surface area contributed by atoms with Gasteiger partial charge in [0.05, 0.1) is 5.57 Å². The van der Waals surface area contributed by atoms with Gasteiger partial charge in [0.1, 0.15) is 0 Å². The molecular weight excluding hydrogens is 296 g/mol. The maximum absolute atomic E-state index is 10.4. The Morgan fingerprint density at radius 3 is 2.61 bits per heavy atom. The van der Waals surface area contributed by atoms with Crippen LogP contribution in [0.5, 0.6) is 11.5 Å². The topological polar surface area (TPSA) is 103 Å². The molecule has 0 amide bonds. The number of hydrogen-bond acceptors (Lipinski definition) is 7. The van der Waals surface area contributed by atoms with Gasteiger partial charge in [-0.25, -0.2) is 9.97 Å². The Labute approximate surface area is 133 Å². The summed E-state index contributed by atoms with van der Waals surface area (Å²) in [5.74, 6) is 1.70. The minimum Gasteiger partial charge on any atom is -0.454 e. The third kappa shape index (κ3) is 3.19. The lowest BCUT2D eigenvalue weighted by molar-refractivity contribution is 0.174. The lowest BCUT2D eigenvalue weighted by Gasteiger charge is -2.17. The maximum atomic E-state index is 10.4. The minimum atomic E-state index is -1.05. The van der Waals surface area contributed by atoms with Gasteiger partial charge in [0, 0.05) is 29.3 Å². The number of aliphatic hydroxyl groups is 1. The van der Waals surface area contributed by atoms with Crippen molar-refractivity contribution < 1.29 is 14.6 Å². The standard InChI is InChI=1S/C16H18N4O3/c1-9-5-10(2)19-15(18-9)12(7-17)16(21)20-11-3-4-13-14(6-11)23-8-22-13/h3-7,16,20-21H,8,17H2,1-2H3. The second-order valence-electron chi connectivity index (χ2n) is 5.21. The predicted molar refractivity (Wildman–Crippen MR) is 85.9 cm³/mol. The Kier molecular flexibility index (Phi) is 4.03. The van der Waals surface area contributed by atoms with Crippen LogP contribution in [0.4, 0.5) is 5.69 Å². The molecule has 0 bridgehead atoms. The first kappa shape index (κ1) is 15.1. The van der Waals surface area contributed by atoms with Crippen molar-refractivity contribution in [1.82, 2.24) is 9.97 Å². The number of ether oxygens (including phenoxy) is 2. The first-order valence-corrected chi connectivity index (χ1v) is 7.15. The summed E-state index contributed by atoms with van der Waals surface area (Å²) in [5, 5.41) is 13.4. The van der Waals surface area contributed by atoms with Gasteiger partial charge < -0.3 is 25.6 Å². The number of anilines is 1. The van der Waals surface area contributed by atoms with Crippen molar-refractivity contribution in [2.24, 2.45) is 5.73 Å². The molecule has 0 aliphatic carbocycles. The molecule has 1 aromatic heterocycles. The van der Waals surface area contributed by atoms with Crippen molar-refractivity contribution in [3.63, 3.8) is 0 Å². The highest BCUT2D eigenvalue weighted by molar-refractivity contribution is 5.67. The zero-order valence-corrected chi connectivity index (χ0v) is 12.9. The minimum absolute atomic E-state index is 0.200. The molecule has 0 spiro atoms. The fourth-order valence-corrected chi connectivity index (χ4v) is 2.36. The number of aliphatic hydroxyl groups excluding tert-OH is 1. The van der Waals surface area contributed by atoms with Crippen LogP contribution in [-0.2, 0) is 0 Å². The number of fused-ring (bicyclic) bond motifs is 1. The van der Waals surface area contributed by atoms with Crippen LogP contribution in [0.25, 0.3) is 5.57 Å². The lowest BCUT2D eigenvalue weighted by atomic mass is 10.2. The van der Waals surface area contributed by atoms with E-state index in [1.807, 2.05) is 19.9 Å². The number of rotatable bonds is 4. The number of benzene rings is 1. The summed E-state index contributed by atoms with van der Waals surface area (Å²) in [5.41, 5.74) is 8.35. The summed E-state index contributed by atoms with van der Waals surface area (Å²) in [4.78, 5) is 8.64. The van der Waals surface area contributed by atoms with Crippen LogP contribution in [-0.4, -0.2) is 28.1 Å². The molecule has 1 unspecified atom stereocenters. The Bertz CT molecular complexity index is 741. The van der Waals surface area contributed by atoms with Gasteiger partial charge in [-0.15, -0.1) is 0 Å². The molecule has 120 valence electrons. The van der Waals surface area contributed by atoms with Crippen molar-refractivity contribution in [3.05, 3.63) is 47.7 Å². The van der Waals surface area contributed by atoms with Crippen molar-refractivity contribution in [2.75, 3.05) is 12.1 Å². The van der Waals surface area contributed by atoms with Crippen molar-refractivity contribution >= 4 is 11.3 Å². The Morgan fingerprint density at radius 2 is 1.91 bits per heavy atom. The summed E-state index contributed by atoms with van der Waals surface area (Å²) < 4.78 is 10.6. The monoisotopic (exact) mass is 314 g/mol. The first-order valence-electron chi connectivity index (χ1n) is 7.15. The number of nitrogens with two attached hydrogens (primary N) is 1. The molecule has 7 nitrogen and oxygen atoms in total. The van der Waals surface area contributed by atoms with Crippen LogP contribution in [0.1, 0.15) is 17.2 Å². The molecule has 1 aliphatic rings. The van der Waals surface area contributed by atoms with Crippen molar-refractivity contribution in [3.8, 4) is 11.5 Å². The number of hydrogen-bond donors (Lipinski definition) is 3. The first-order chi connectivity index (χ1) is 11.1. The smallest absolute Gasteiger partial charge is 0.231 e. The lowest BCUT2D eigenvalue weighted by Crippen LogP contribution is -2.23. The van der Waals surface area contributed by atoms with E-state index in [-0.39, 0.29) is 6.79 Å². The Morgan fingerprint density at radius 1 is 1.22 bits per heavy atom. The van der Waals surface area contributed by atoms with Gasteiger partial charge in [0.15, 0.2) is 23.6 Å². The zero-order valence-electron chi connectivity index (χ0n) is 12.9. The highest BCUT2D eigenvalue weighted by Crippen LogP contribution is 2.34. The molecule has 7 heteroatoms. The van der Waals surface area contributed by atoms with E-state index < -0.39 is 6.23 Å². The van der Waals surface area contributed by atoms with Gasteiger partial charge in [-0.2, -0.15) is 0 Å². The second kappa shape index (κ2) is 6.13. The third-order valence-corrected chi connectivity index (χ3v) is 3.39. The van der Waals surface area contributed by atoms with E-state index in [0.717, 1.165) is 11.4 Å². The molecule has 0 radical (unpaired) electrons. The van der Waals surface area contributed by atoms with Crippen LogP contribution in [0.3, 0.4) is 0 Å². The summed E-state index contributed by atoms with van der Waals surface area (Å²) in [6.45, 7) is 3.93. The molecule has 0 saturated heterocycles. The molecule has 1 atom stereocenters. The molecular formula is C16H18N4O3. The Hall–Kier alpha value is -2.80. The van der Waals surface area contributed by atoms with Crippen molar-refractivity contribution in [1.29, 1.82) is 0 Å². The number of aromatic nitrogens is 2. The largest absolute Gasteiger partial charge is 0.454 e. The fourth-order valence-electron chi connectivity index (χ4n) is 2.36. The molecule has 1 aromatic carbocycles. The maximum Gasteiger partial charge on any atom is 0.231 e. The number of nitrogens with zero attached hydrogens (tertiary/aromatic N) is 2. The molecule has 0 fully saturated rings. The van der Waals surface area contributed by atoms with Crippen LogP contribution in [0.2, 0.25) is 0 Å². The van der Waals surface area contributed by atoms with E-state index in [2.05, 4.69) is 15.3 Å². The van der Waals surface area contributed by atoms with E-state index in [0.29, 0.717) is 28.6 Å². The summed E-state index contributed by atoms with van der Waals surface area (Å²) in [6.07, 6.45) is 0.250. The molecule has 3 rings (SSSR count). The molecule has 4 N–H and O–H groups in total. The zero-order chi connectivity index (χ0) is 16.4. The molecule has 2 aromatic rings. The van der Waals surface area contributed by atoms with Gasteiger partial charge >= 0.3 is 0 Å². The fraction of sp³-hybridized carbons (Fsp3) is 0.250. The summed E-state index contributed by atoms with van der Waals surface area (Å²) in [6, 6.07) is 7.17. The second-order valence-corrected chi connectivity index (χ2v) is 5.21. The van der Waals surface area contributed by atoms with E-state index in [9.17, 15) is 5.11 Å². The van der Waals surface area contributed by atoms with Crippen LogP contribution < -0.4 is 20.5 Å². The van der Waals surface area contributed by atoms with Crippen molar-refractivity contribution in [2.45, 2.75) is 20.1 Å². The van der Waals surface area contributed by atoms with Gasteiger partial charge in [-0.1, -0.05) is 0 Å². The molecule has 23 heavy (non-hydrogen) atoms. The van der Waals surface area contributed by atoms with Gasteiger partial charge in [-0.05, 0) is 32.0 Å². The van der Waals surface area contributed by atoms with Gasteiger partial charge in [-0.3, -0.25) is 0 Å². The van der Waals surface area contributed by atoms with Crippen LogP contribution >= 0.6 is 0 Å². The van der Waals surface area contributed by atoms with E-state index in [1.165, 1.54) is 6.20 Å². The molecule has 1 aliphatic heterocycles. The van der Waals surface area contributed by atoms with E-state index in [1.54, 1.807) is 18.2 Å². The van der Waals surface area contributed by atoms with Gasteiger partial charge in [0.25, 0.3) is 0 Å². The summed E-state index contributed by atoms with van der Waals surface area (Å²) >= 11 is 0. The normalized spacial score (nSPS) is 14.7. The average molecular weight is 314 g/mol. The number of aryl methyl sites for hydroxylation is 2. The number of nitrogens with one attached hydrogen (secondary N) is 1. The predicted octanol–water partition coefficient (Wildman–Crippen LogP) is 1.55. The van der Waals surface area contributed by atoms with Crippen LogP contribution in [0, 0.1) is 13.8 Å². The molecule has 0 saturated carbocycles. The molecule has 2 heterocycles. The Balaban J connectivity index is 1.82. The van der Waals surface area contributed by atoms with Crippen LogP contribution in [0.15, 0.2) is 30.5 Å². The van der Waals surface area contributed by atoms with E-state index >= 15 is 0 Å². The summed E-state index contributed by atoms with van der Waals surface area (Å²) in [7, 11) is 0. The van der Waals surface area contributed by atoms with Gasteiger partial charge in [0.2, 0.25) is 6.79 Å². The van der Waals surface area contributed by atoms with E-state index in [4.69, 9.17) is 15.2 Å². The average Bonchev–Trinajstić information content (AvgIpc) is 2.94. The highest BCUT2D eigenvalue weighted by Gasteiger charge is 2.18. The third-order valence-electron chi connectivity index (χ3n) is 3.39. The highest BCUT2D eigenvalue weighted by atomic mass is 16.7. The SMILES string of the molecule is Cc1cc(C)nc(C(=CN)C(O)Nc2ccc3c(c2)OCO3)n1. The quantitative estimate of drug-likeness (QED) is 0.736.